The Hall–Kier alpha value is -3.20. The molecule has 168 valence electrons. The number of amides is 1. The smallest absolute Gasteiger partial charge is 0.223 e. The average Bonchev–Trinajstić information content (AvgIpc) is 3.26. The monoisotopic (exact) mass is 434 g/mol. The summed E-state index contributed by atoms with van der Waals surface area (Å²) in [4.78, 5) is 21.7. The minimum absolute atomic E-state index is 0.171. The fourth-order valence-electron chi connectivity index (χ4n) is 4.41. The molecule has 2 aliphatic rings. The van der Waals surface area contributed by atoms with Gasteiger partial charge in [0.05, 0.1) is 0 Å². The SMILES string of the molecule is CN1CCN(c2ccc3nnc(CCC(=O)N4CCN(c5ccccc5)CC4)n3n2)CC1. The van der Waals surface area contributed by atoms with Crippen molar-refractivity contribution in [3.05, 3.63) is 48.3 Å². The summed E-state index contributed by atoms with van der Waals surface area (Å²) in [6.07, 6.45) is 0.963. The number of fused-ring (bicyclic) bond motifs is 1. The number of rotatable bonds is 5. The molecule has 2 fully saturated rings. The Kier molecular flexibility index (Phi) is 5.89. The molecule has 0 saturated carbocycles. The van der Waals surface area contributed by atoms with Gasteiger partial charge in [0.25, 0.3) is 0 Å². The Morgan fingerprint density at radius 2 is 1.56 bits per heavy atom. The quantitative estimate of drug-likeness (QED) is 0.597. The number of nitrogens with zero attached hydrogens (tertiary/aromatic N) is 8. The highest BCUT2D eigenvalue weighted by molar-refractivity contribution is 5.76. The van der Waals surface area contributed by atoms with Crippen LogP contribution < -0.4 is 9.80 Å². The van der Waals surface area contributed by atoms with Gasteiger partial charge in [-0.25, -0.2) is 0 Å². The normalized spacial score (nSPS) is 17.8. The van der Waals surface area contributed by atoms with Crippen LogP contribution in [0.3, 0.4) is 0 Å². The molecular formula is C23H30N8O. The summed E-state index contributed by atoms with van der Waals surface area (Å²) in [6.45, 7) is 7.20. The first kappa shape index (κ1) is 20.7. The van der Waals surface area contributed by atoms with Crippen LogP contribution in [0.25, 0.3) is 5.65 Å². The van der Waals surface area contributed by atoms with Crippen LogP contribution in [0.4, 0.5) is 11.5 Å². The highest BCUT2D eigenvalue weighted by Crippen LogP contribution is 2.17. The number of piperazine rings is 2. The van der Waals surface area contributed by atoms with E-state index in [1.54, 1.807) is 4.52 Å². The molecule has 5 rings (SSSR count). The van der Waals surface area contributed by atoms with Crippen LogP contribution in [0.15, 0.2) is 42.5 Å². The summed E-state index contributed by atoms with van der Waals surface area (Å²) in [7, 11) is 2.14. The molecule has 1 aromatic carbocycles. The van der Waals surface area contributed by atoms with Crippen molar-refractivity contribution in [2.24, 2.45) is 0 Å². The van der Waals surface area contributed by atoms with Crippen molar-refractivity contribution in [2.45, 2.75) is 12.8 Å². The van der Waals surface area contributed by atoms with Crippen molar-refractivity contribution >= 4 is 23.1 Å². The minimum atomic E-state index is 0.171. The second kappa shape index (κ2) is 9.12. The summed E-state index contributed by atoms with van der Waals surface area (Å²) >= 11 is 0. The molecule has 3 aromatic rings. The third-order valence-electron chi connectivity index (χ3n) is 6.46. The number of hydrogen-bond acceptors (Lipinski definition) is 7. The van der Waals surface area contributed by atoms with Crippen LogP contribution >= 0.6 is 0 Å². The van der Waals surface area contributed by atoms with E-state index in [9.17, 15) is 4.79 Å². The third-order valence-corrected chi connectivity index (χ3v) is 6.46. The summed E-state index contributed by atoms with van der Waals surface area (Å²) in [6, 6.07) is 14.4. The number of aromatic nitrogens is 4. The molecule has 0 N–H and O–H groups in total. The number of anilines is 2. The Bertz CT molecular complexity index is 1050. The predicted molar refractivity (Wildman–Crippen MR) is 124 cm³/mol. The number of benzene rings is 1. The largest absolute Gasteiger partial charge is 0.368 e. The Morgan fingerprint density at radius 3 is 2.31 bits per heavy atom. The minimum Gasteiger partial charge on any atom is -0.368 e. The van der Waals surface area contributed by atoms with Gasteiger partial charge in [-0.05, 0) is 31.3 Å². The van der Waals surface area contributed by atoms with E-state index in [2.05, 4.69) is 56.2 Å². The van der Waals surface area contributed by atoms with E-state index in [1.165, 1.54) is 5.69 Å². The number of aryl methyl sites for hydroxylation is 1. The lowest BCUT2D eigenvalue weighted by Gasteiger charge is -2.36. The Labute approximate surface area is 188 Å². The zero-order chi connectivity index (χ0) is 21.9. The zero-order valence-electron chi connectivity index (χ0n) is 18.6. The lowest BCUT2D eigenvalue weighted by Crippen LogP contribution is -2.48. The summed E-state index contributed by atoms with van der Waals surface area (Å²) in [5.41, 5.74) is 1.94. The van der Waals surface area contributed by atoms with Crippen LogP contribution in [0.5, 0.6) is 0 Å². The van der Waals surface area contributed by atoms with Crippen LogP contribution in [0, 0.1) is 0 Å². The maximum atomic E-state index is 12.8. The maximum absolute atomic E-state index is 12.8. The van der Waals surface area contributed by atoms with Crippen molar-refractivity contribution in [2.75, 3.05) is 69.2 Å². The maximum Gasteiger partial charge on any atom is 0.223 e. The fraction of sp³-hybridized carbons (Fsp3) is 0.478. The molecule has 4 heterocycles. The van der Waals surface area contributed by atoms with E-state index in [1.807, 2.05) is 23.1 Å². The van der Waals surface area contributed by atoms with E-state index < -0.39 is 0 Å². The molecule has 2 aliphatic heterocycles. The second-order valence-corrected chi connectivity index (χ2v) is 8.57. The predicted octanol–water partition coefficient (Wildman–Crippen LogP) is 1.16. The third kappa shape index (κ3) is 4.38. The standard InChI is InChI=1S/C23H30N8O/c1-27-11-13-29(14-12-27)22-8-7-20-24-25-21(31(20)26-22)9-10-23(32)30-17-15-28(16-18-30)19-5-3-2-4-6-19/h2-8H,9-18H2,1H3. The molecule has 0 unspecified atom stereocenters. The number of carbonyl (C=O) groups excluding carboxylic acids is 1. The molecule has 0 atom stereocenters. The Morgan fingerprint density at radius 1 is 0.844 bits per heavy atom. The van der Waals surface area contributed by atoms with Gasteiger partial charge in [0.2, 0.25) is 5.91 Å². The van der Waals surface area contributed by atoms with Crippen molar-refractivity contribution < 1.29 is 4.79 Å². The summed E-state index contributed by atoms with van der Waals surface area (Å²) < 4.78 is 1.80. The molecule has 9 nitrogen and oxygen atoms in total. The van der Waals surface area contributed by atoms with Crippen LogP contribution in [-0.4, -0.2) is 94.9 Å². The van der Waals surface area contributed by atoms with E-state index in [0.717, 1.165) is 69.6 Å². The molecule has 2 saturated heterocycles. The number of hydrogen-bond donors (Lipinski definition) is 0. The van der Waals surface area contributed by atoms with Crippen LogP contribution in [0.1, 0.15) is 12.2 Å². The molecule has 0 bridgehead atoms. The first-order valence-electron chi connectivity index (χ1n) is 11.4. The van der Waals surface area contributed by atoms with Gasteiger partial charge >= 0.3 is 0 Å². The van der Waals surface area contributed by atoms with Gasteiger partial charge in [-0.2, -0.15) is 4.52 Å². The highest BCUT2D eigenvalue weighted by Gasteiger charge is 2.22. The molecular weight excluding hydrogens is 404 g/mol. The molecule has 32 heavy (non-hydrogen) atoms. The van der Waals surface area contributed by atoms with Gasteiger partial charge < -0.3 is 19.6 Å². The highest BCUT2D eigenvalue weighted by atomic mass is 16.2. The van der Waals surface area contributed by atoms with E-state index in [0.29, 0.717) is 12.8 Å². The summed E-state index contributed by atoms with van der Waals surface area (Å²) in [5.74, 6) is 1.85. The lowest BCUT2D eigenvalue weighted by molar-refractivity contribution is -0.131. The Balaban J connectivity index is 1.19. The average molecular weight is 435 g/mol. The molecule has 1 amide bonds. The molecule has 0 aliphatic carbocycles. The molecule has 0 radical (unpaired) electrons. The fourth-order valence-corrected chi connectivity index (χ4v) is 4.41. The molecule has 0 spiro atoms. The second-order valence-electron chi connectivity index (χ2n) is 8.57. The van der Waals surface area contributed by atoms with Gasteiger partial charge in [0.15, 0.2) is 11.5 Å². The topological polar surface area (TPSA) is 73.1 Å². The lowest BCUT2D eigenvalue weighted by atomic mass is 10.2. The van der Waals surface area contributed by atoms with Crippen LogP contribution in [-0.2, 0) is 11.2 Å². The van der Waals surface area contributed by atoms with Gasteiger partial charge in [0.1, 0.15) is 5.82 Å². The number of likely N-dealkylation sites (N-methyl/N-ethyl adjacent to an activating group) is 1. The summed E-state index contributed by atoms with van der Waals surface area (Å²) in [5, 5.41) is 13.3. The van der Waals surface area contributed by atoms with E-state index in [-0.39, 0.29) is 5.91 Å². The van der Waals surface area contributed by atoms with Gasteiger partial charge in [-0.15, -0.1) is 15.3 Å². The zero-order valence-corrected chi connectivity index (χ0v) is 18.6. The molecule has 9 heteroatoms. The van der Waals surface area contributed by atoms with Gasteiger partial charge in [-0.1, -0.05) is 18.2 Å². The number of para-hydroxylation sites is 1. The van der Waals surface area contributed by atoms with Crippen molar-refractivity contribution in [1.82, 2.24) is 29.6 Å². The first-order chi connectivity index (χ1) is 15.7. The van der Waals surface area contributed by atoms with Crippen molar-refractivity contribution in [1.29, 1.82) is 0 Å². The van der Waals surface area contributed by atoms with E-state index >= 15 is 0 Å². The van der Waals surface area contributed by atoms with Gasteiger partial charge in [-0.3, -0.25) is 4.79 Å². The number of carbonyl (C=O) groups is 1. The first-order valence-corrected chi connectivity index (χ1v) is 11.4. The molecule has 2 aromatic heterocycles. The van der Waals surface area contributed by atoms with Gasteiger partial charge in [0, 0.05) is 70.9 Å². The van der Waals surface area contributed by atoms with Crippen molar-refractivity contribution in [3.63, 3.8) is 0 Å². The van der Waals surface area contributed by atoms with Crippen molar-refractivity contribution in [3.8, 4) is 0 Å². The van der Waals surface area contributed by atoms with E-state index in [4.69, 9.17) is 5.10 Å². The van der Waals surface area contributed by atoms with Crippen LogP contribution in [0.2, 0.25) is 0 Å².